The van der Waals surface area contributed by atoms with Gasteiger partial charge in [-0.2, -0.15) is 0 Å². The summed E-state index contributed by atoms with van der Waals surface area (Å²) in [5, 5.41) is 0.525. The van der Waals surface area contributed by atoms with Crippen molar-refractivity contribution in [3.05, 3.63) is 23.2 Å². The quantitative estimate of drug-likeness (QED) is 0.655. The Hall–Kier alpha value is -1.44. The molecule has 2 aliphatic heterocycles. The number of ether oxygens (including phenoxy) is 2. The van der Waals surface area contributed by atoms with Crippen LogP contribution in [0.5, 0.6) is 5.75 Å². The highest BCUT2D eigenvalue weighted by Gasteiger charge is 2.51. The van der Waals surface area contributed by atoms with Gasteiger partial charge in [-0.15, -0.1) is 0 Å². The van der Waals surface area contributed by atoms with Crippen LogP contribution in [0.4, 0.5) is 4.79 Å². The number of piperidine rings is 1. The molecule has 3 rings (SSSR count). The molecule has 0 spiro atoms. The average Bonchev–Trinajstić information content (AvgIpc) is 2.83. The molecule has 0 radical (unpaired) electrons. The molecule has 0 atom stereocenters. The average molecular weight is 438 g/mol. The minimum absolute atomic E-state index is 0.00360. The molecule has 2 saturated heterocycles. The van der Waals surface area contributed by atoms with Crippen molar-refractivity contribution >= 4 is 30.3 Å². The summed E-state index contributed by atoms with van der Waals surface area (Å²) in [6, 6.07) is 5.64. The van der Waals surface area contributed by atoms with Crippen molar-refractivity contribution in [2.75, 3.05) is 13.1 Å². The van der Waals surface area contributed by atoms with Crippen LogP contribution in [0.1, 0.15) is 61.3 Å². The third-order valence-corrected chi connectivity index (χ3v) is 6.16. The number of carbonyl (C=O) groups excluding carboxylic acids is 1. The van der Waals surface area contributed by atoms with Gasteiger partial charge in [0.15, 0.2) is 0 Å². The van der Waals surface area contributed by atoms with Crippen molar-refractivity contribution in [1.29, 1.82) is 0 Å². The van der Waals surface area contributed by atoms with E-state index in [-0.39, 0.29) is 12.2 Å². The van der Waals surface area contributed by atoms with Crippen LogP contribution >= 0.6 is 11.6 Å². The first kappa shape index (κ1) is 23.2. The van der Waals surface area contributed by atoms with Crippen LogP contribution in [0.25, 0.3) is 0 Å². The lowest BCUT2D eigenvalue weighted by Gasteiger charge is -2.33. The third kappa shape index (κ3) is 5.24. The smallest absolute Gasteiger partial charge is 0.489 e. The van der Waals surface area contributed by atoms with Crippen molar-refractivity contribution in [2.24, 2.45) is 0 Å². The van der Waals surface area contributed by atoms with Gasteiger partial charge in [-0.25, -0.2) is 4.79 Å². The van der Waals surface area contributed by atoms with Crippen LogP contribution in [0.3, 0.4) is 0 Å². The van der Waals surface area contributed by atoms with Gasteiger partial charge >= 0.3 is 13.2 Å². The fourth-order valence-electron chi connectivity index (χ4n) is 3.40. The Labute approximate surface area is 185 Å². The van der Waals surface area contributed by atoms with Crippen LogP contribution in [0, 0.1) is 0 Å². The molecular weight excluding hydrogens is 405 g/mol. The van der Waals surface area contributed by atoms with Crippen LogP contribution in [-0.2, 0) is 14.0 Å². The van der Waals surface area contributed by atoms with Gasteiger partial charge in [-0.1, -0.05) is 17.7 Å². The Morgan fingerprint density at radius 2 is 1.70 bits per heavy atom. The molecule has 2 heterocycles. The highest BCUT2D eigenvalue weighted by Crippen LogP contribution is 2.37. The Morgan fingerprint density at radius 3 is 2.20 bits per heavy atom. The summed E-state index contributed by atoms with van der Waals surface area (Å²) >= 11 is 6.50. The fraction of sp³-hybridized carbons (Fsp3) is 0.682. The Kier molecular flexibility index (Phi) is 6.39. The molecule has 0 saturated carbocycles. The second kappa shape index (κ2) is 8.25. The number of halogens is 1. The molecule has 1 amide bonds. The van der Waals surface area contributed by atoms with Crippen LogP contribution < -0.4 is 10.2 Å². The zero-order chi connectivity index (χ0) is 22.3. The number of nitrogens with zero attached hydrogens (tertiary/aromatic N) is 1. The van der Waals surface area contributed by atoms with E-state index >= 15 is 0 Å². The summed E-state index contributed by atoms with van der Waals surface area (Å²) in [5.74, 6) is 0.632. The fourth-order valence-corrected chi connectivity index (χ4v) is 3.63. The number of likely N-dealkylation sites (tertiary alicyclic amines) is 1. The lowest BCUT2D eigenvalue weighted by molar-refractivity contribution is 0.00578. The van der Waals surface area contributed by atoms with Gasteiger partial charge < -0.3 is 23.7 Å². The second-order valence-electron chi connectivity index (χ2n) is 10.1. The molecule has 1 aromatic carbocycles. The lowest BCUT2D eigenvalue weighted by atomic mass is 9.79. The molecule has 30 heavy (non-hydrogen) atoms. The first-order valence-corrected chi connectivity index (χ1v) is 10.9. The molecular formula is C22H33BClNO5. The minimum Gasteiger partial charge on any atom is -0.489 e. The summed E-state index contributed by atoms with van der Waals surface area (Å²) in [4.78, 5) is 13.9. The first-order chi connectivity index (χ1) is 13.8. The number of amides is 1. The van der Waals surface area contributed by atoms with E-state index < -0.39 is 23.9 Å². The van der Waals surface area contributed by atoms with Crippen molar-refractivity contribution in [3.8, 4) is 5.75 Å². The number of hydrogen-bond acceptors (Lipinski definition) is 5. The topological polar surface area (TPSA) is 57.2 Å². The summed E-state index contributed by atoms with van der Waals surface area (Å²) in [7, 11) is -0.460. The van der Waals surface area contributed by atoms with E-state index in [0.717, 1.165) is 18.3 Å². The molecule has 6 nitrogen and oxygen atoms in total. The van der Waals surface area contributed by atoms with Crippen molar-refractivity contribution in [2.45, 2.75) is 84.2 Å². The van der Waals surface area contributed by atoms with Crippen molar-refractivity contribution < 1.29 is 23.6 Å². The SMILES string of the molecule is CC(C)(C)OC(=O)N1CCC(Oc2ccc(B3OC(C)(C)C(C)(C)O3)cc2Cl)CC1. The van der Waals surface area contributed by atoms with E-state index in [1.54, 1.807) is 4.90 Å². The maximum atomic E-state index is 12.2. The van der Waals surface area contributed by atoms with Crippen LogP contribution in [0.2, 0.25) is 5.02 Å². The maximum absolute atomic E-state index is 12.2. The number of benzene rings is 1. The molecule has 0 bridgehead atoms. The predicted molar refractivity (Wildman–Crippen MR) is 119 cm³/mol. The molecule has 8 heteroatoms. The van der Waals surface area contributed by atoms with Gasteiger partial charge in [0, 0.05) is 25.9 Å². The molecule has 166 valence electrons. The summed E-state index contributed by atoms with van der Waals surface area (Å²) in [6.45, 7) is 14.9. The number of hydrogen-bond donors (Lipinski definition) is 0. The van der Waals surface area contributed by atoms with Gasteiger partial charge in [-0.3, -0.25) is 0 Å². The molecule has 0 N–H and O–H groups in total. The Bertz CT molecular complexity index is 768. The van der Waals surface area contributed by atoms with E-state index in [2.05, 4.69) is 0 Å². The monoisotopic (exact) mass is 437 g/mol. The normalized spacial score (nSPS) is 21.6. The first-order valence-electron chi connectivity index (χ1n) is 10.6. The van der Waals surface area contributed by atoms with Gasteiger partial charge in [0.25, 0.3) is 0 Å². The van der Waals surface area contributed by atoms with Crippen LogP contribution in [0.15, 0.2) is 18.2 Å². The molecule has 1 aromatic rings. The predicted octanol–water partition coefficient (Wildman–Crippen LogP) is 4.42. The van der Waals surface area contributed by atoms with Gasteiger partial charge in [0.1, 0.15) is 17.5 Å². The highest BCUT2D eigenvalue weighted by molar-refractivity contribution is 6.62. The molecule has 2 aliphatic rings. The number of rotatable bonds is 3. The maximum Gasteiger partial charge on any atom is 0.494 e. The summed E-state index contributed by atoms with van der Waals surface area (Å²) < 4.78 is 23.7. The largest absolute Gasteiger partial charge is 0.494 e. The standard InChI is InChI=1S/C22H33BClNO5/c1-20(2,3)28-19(26)25-12-10-16(11-13-25)27-18-9-8-15(14-17(18)24)23-29-21(4,5)22(6,7)30-23/h8-9,14,16H,10-13H2,1-7H3. The molecule has 2 fully saturated rings. The van der Waals surface area contributed by atoms with Crippen LogP contribution in [-0.4, -0.2) is 54.1 Å². The van der Waals surface area contributed by atoms with Crippen molar-refractivity contribution in [3.63, 3.8) is 0 Å². The van der Waals surface area contributed by atoms with E-state index in [4.69, 9.17) is 30.4 Å². The lowest BCUT2D eigenvalue weighted by Crippen LogP contribution is -2.44. The van der Waals surface area contributed by atoms with Gasteiger partial charge in [-0.05, 0) is 66.1 Å². The second-order valence-corrected chi connectivity index (χ2v) is 10.5. The Balaban J connectivity index is 1.57. The van der Waals surface area contributed by atoms with E-state index in [1.807, 2.05) is 66.7 Å². The summed E-state index contributed by atoms with van der Waals surface area (Å²) in [6.07, 6.45) is 1.19. The molecule has 0 aromatic heterocycles. The summed E-state index contributed by atoms with van der Waals surface area (Å²) in [5.41, 5.74) is -0.426. The zero-order valence-electron chi connectivity index (χ0n) is 19.1. The Morgan fingerprint density at radius 1 is 1.13 bits per heavy atom. The van der Waals surface area contributed by atoms with E-state index in [1.165, 1.54) is 0 Å². The molecule has 0 aliphatic carbocycles. The van der Waals surface area contributed by atoms with Gasteiger partial charge in [0.05, 0.1) is 16.2 Å². The van der Waals surface area contributed by atoms with E-state index in [9.17, 15) is 4.79 Å². The minimum atomic E-state index is -0.489. The molecule has 0 unspecified atom stereocenters. The highest BCUT2D eigenvalue weighted by atomic mass is 35.5. The van der Waals surface area contributed by atoms with Gasteiger partial charge in [0.2, 0.25) is 0 Å². The zero-order valence-corrected chi connectivity index (χ0v) is 19.8. The third-order valence-electron chi connectivity index (χ3n) is 5.87. The van der Waals surface area contributed by atoms with Crippen molar-refractivity contribution in [1.82, 2.24) is 4.90 Å². The van der Waals surface area contributed by atoms with E-state index in [0.29, 0.717) is 23.9 Å². The number of carbonyl (C=O) groups is 1.